The number of amides is 1. The largest absolute Gasteiger partial charge is 0.490 e. The molecule has 0 spiro atoms. The van der Waals surface area contributed by atoms with Gasteiger partial charge in [-0.25, -0.2) is 0 Å². The molecule has 128 valence electrons. The van der Waals surface area contributed by atoms with Gasteiger partial charge < -0.3 is 10.1 Å². The number of nitrogens with zero attached hydrogens (tertiary/aromatic N) is 1. The van der Waals surface area contributed by atoms with Gasteiger partial charge >= 0.3 is 0 Å². The molecule has 1 saturated carbocycles. The molecule has 0 saturated heterocycles. The third-order valence-corrected chi connectivity index (χ3v) is 4.15. The van der Waals surface area contributed by atoms with E-state index in [-0.39, 0.29) is 18.3 Å². The van der Waals surface area contributed by atoms with Gasteiger partial charge in [0, 0.05) is 18.9 Å². The van der Waals surface area contributed by atoms with E-state index in [9.17, 15) is 4.79 Å². The molecule has 0 atom stereocenters. The van der Waals surface area contributed by atoms with E-state index in [1.54, 1.807) is 24.5 Å². The van der Waals surface area contributed by atoms with E-state index >= 15 is 0 Å². The highest BCUT2D eigenvalue weighted by atomic mass is 35.5. The van der Waals surface area contributed by atoms with Crippen molar-refractivity contribution >= 4 is 18.3 Å². The second-order valence-electron chi connectivity index (χ2n) is 5.92. The smallest absolute Gasteiger partial charge is 0.252 e. The summed E-state index contributed by atoms with van der Waals surface area (Å²) in [6.07, 6.45) is 9.31. The highest BCUT2D eigenvalue weighted by molar-refractivity contribution is 5.93. The fraction of sp³-hybridized carbons (Fsp3) is 0.368. The van der Waals surface area contributed by atoms with E-state index in [2.05, 4.69) is 22.4 Å². The first-order valence-electron chi connectivity index (χ1n) is 8.25. The van der Waals surface area contributed by atoms with Gasteiger partial charge in [0.2, 0.25) is 0 Å². The van der Waals surface area contributed by atoms with Crippen molar-refractivity contribution in [3.63, 3.8) is 0 Å². The van der Waals surface area contributed by atoms with Gasteiger partial charge in [0.25, 0.3) is 5.91 Å². The van der Waals surface area contributed by atoms with Crippen LogP contribution in [0, 0.1) is 0 Å². The number of carbonyl (C=O) groups is 1. The van der Waals surface area contributed by atoms with Crippen LogP contribution in [0.25, 0.3) is 0 Å². The number of benzene rings is 1. The summed E-state index contributed by atoms with van der Waals surface area (Å²) in [4.78, 5) is 15.9. The van der Waals surface area contributed by atoms with Crippen LogP contribution in [0.1, 0.15) is 41.6 Å². The molecule has 0 unspecified atom stereocenters. The summed E-state index contributed by atoms with van der Waals surface area (Å²) in [7, 11) is 0. The fourth-order valence-electron chi connectivity index (χ4n) is 2.85. The zero-order valence-corrected chi connectivity index (χ0v) is 14.4. The van der Waals surface area contributed by atoms with E-state index in [0.717, 1.165) is 12.2 Å². The predicted octanol–water partition coefficient (Wildman–Crippen LogP) is 3.80. The zero-order chi connectivity index (χ0) is 15.9. The number of halogens is 1. The van der Waals surface area contributed by atoms with Gasteiger partial charge in [0.15, 0.2) is 0 Å². The van der Waals surface area contributed by atoms with E-state index in [1.165, 1.54) is 31.2 Å². The fourth-order valence-corrected chi connectivity index (χ4v) is 2.85. The van der Waals surface area contributed by atoms with Gasteiger partial charge in [-0.2, -0.15) is 0 Å². The Balaban J connectivity index is 0.00000208. The summed E-state index contributed by atoms with van der Waals surface area (Å²) in [6, 6.07) is 11.7. The maximum Gasteiger partial charge on any atom is 0.252 e. The minimum absolute atomic E-state index is 0. The van der Waals surface area contributed by atoms with Crippen LogP contribution in [-0.4, -0.2) is 23.5 Å². The molecule has 1 aromatic heterocycles. The number of rotatable bonds is 6. The number of carbonyl (C=O) groups excluding carboxylic acids is 1. The van der Waals surface area contributed by atoms with Crippen molar-refractivity contribution in [3.05, 3.63) is 59.9 Å². The SMILES string of the molecule is Cl.O=C(NCCc1ccc(OC2CCCC2)cc1)c1cccnc1. The molecule has 0 radical (unpaired) electrons. The van der Waals surface area contributed by atoms with Crippen molar-refractivity contribution in [2.45, 2.75) is 38.2 Å². The lowest BCUT2D eigenvalue weighted by Crippen LogP contribution is -2.25. The normalized spacial score (nSPS) is 14.0. The van der Waals surface area contributed by atoms with Gasteiger partial charge in [-0.15, -0.1) is 12.4 Å². The molecule has 5 heteroatoms. The summed E-state index contributed by atoms with van der Waals surface area (Å²) in [5, 5.41) is 2.91. The van der Waals surface area contributed by atoms with Crippen molar-refractivity contribution in [2.75, 3.05) is 6.54 Å². The summed E-state index contributed by atoms with van der Waals surface area (Å²) in [6.45, 7) is 0.608. The van der Waals surface area contributed by atoms with Crippen LogP contribution in [0.3, 0.4) is 0 Å². The van der Waals surface area contributed by atoms with Crippen molar-refractivity contribution in [1.29, 1.82) is 0 Å². The van der Waals surface area contributed by atoms with Gasteiger partial charge in [0.1, 0.15) is 5.75 Å². The molecular formula is C19H23ClN2O2. The molecule has 1 aromatic carbocycles. The molecule has 1 aliphatic carbocycles. The predicted molar refractivity (Wildman–Crippen MR) is 96.8 cm³/mol. The minimum atomic E-state index is -0.0840. The topological polar surface area (TPSA) is 51.2 Å². The molecular weight excluding hydrogens is 324 g/mol. The molecule has 1 aliphatic rings. The van der Waals surface area contributed by atoms with Crippen molar-refractivity contribution < 1.29 is 9.53 Å². The van der Waals surface area contributed by atoms with Crippen LogP contribution < -0.4 is 10.1 Å². The molecule has 4 nitrogen and oxygen atoms in total. The summed E-state index contributed by atoms with van der Waals surface area (Å²) in [5.74, 6) is 0.860. The summed E-state index contributed by atoms with van der Waals surface area (Å²) >= 11 is 0. The van der Waals surface area contributed by atoms with E-state index < -0.39 is 0 Å². The minimum Gasteiger partial charge on any atom is -0.490 e. The van der Waals surface area contributed by atoms with Crippen LogP contribution in [-0.2, 0) is 6.42 Å². The summed E-state index contributed by atoms with van der Waals surface area (Å²) < 4.78 is 5.95. The maximum absolute atomic E-state index is 11.9. The quantitative estimate of drug-likeness (QED) is 0.865. The van der Waals surface area contributed by atoms with Crippen molar-refractivity contribution in [1.82, 2.24) is 10.3 Å². The van der Waals surface area contributed by atoms with E-state index in [4.69, 9.17) is 4.74 Å². The molecule has 3 rings (SSSR count). The van der Waals surface area contributed by atoms with Crippen molar-refractivity contribution in [3.8, 4) is 5.75 Å². The number of aromatic nitrogens is 1. The van der Waals surface area contributed by atoms with Gasteiger partial charge in [-0.3, -0.25) is 9.78 Å². The number of nitrogens with one attached hydrogen (secondary N) is 1. The third kappa shape index (κ3) is 5.24. The Labute approximate surface area is 149 Å². The highest BCUT2D eigenvalue weighted by Crippen LogP contribution is 2.24. The average Bonchev–Trinajstić information content (AvgIpc) is 3.10. The van der Waals surface area contributed by atoms with Crippen LogP contribution in [0.2, 0.25) is 0 Å². The molecule has 24 heavy (non-hydrogen) atoms. The Bertz CT molecular complexity index is 626. The number of ether oxygens (including phenoxy) is 1. The Hall–Kier alpha value is -2.07. The molecule has 1 N–H and O–H groups in total. The first kappa shape index (κ1) is 18.3. The lowest BCUT2D eigenvalue weighted by atomic mass is 10.1. The molecule has 1 fully saturated rings. The molecule has 0 bridgehead atoms. The molecule has 1 amide bonds. The lowest BCUT2D eigenvalue weighted by Gasteiger charge is -2.13. The lowest BCUT2D eigenvalue weighted by molar-refractivity contribution is 0.0953. The van der Waals surface area contributed by atoms with Gasteiger partial charge in [-0.05, 0) is 61.9 Å². The first-order valence-corrected chi connectivity index (χ1v) is 8.25. The monoisotopic (exact) mass is 346 g/mol. The Morgan fingerprint density at radius 1 is 1.17 bits per heavy atom. The zero-order valence-electron chi connectivity index (χ0n) is 13.6. The Morgan fingerprint density at radius 3 is 2.58 bits per heavy atom. The summed E-state index contributed by atoms with van der Waals surface area (Å²) in [5.41, 5.74) is 1.78. The van der Waals surface area contributed by atoms with Gasteiger partial charge in [-0.1, -0.05) is 12.1 Å². The third-order valence-electron chi connectivity index (χ3n) is 4.15. The van der Waals surface area contributed by atoms with Crippen LogP contribution in [0.4, 0.5) is 0 Å². The molecule has 1 heterocycles. The average molecular weight is 347 g/mol. The van der Waals surface area contributed by atoms with Gasteiger partial charge in [0.05, 0.1) is 11.7 Å². The van der Waals surface area contributed by atoms with E-state index in [1.807, 2.05) is 12.1 Å². The number of pyridine rings is 1. The first-order chi connectivity index (χ1) is 11.3. The maximum atomic E-state index is 11.9. The second-order valence-corrected chi connectivity index (χ2v) is 5.92. The van der Waals surface area contributed by atoms with E-state index in [0.29, 0.717) is 18.2 Å². The van der Waals surface area contributed by atoms with Crippen LogP contribution in [0.15, 0.2) is 48.8 Å². The Morgan fingerprint density at radius 2 is 1.92 bits per heavy atom. The Kier molecular flexibility index (Phi) is 7.07. The highest BCUT2D eigenvalue weighted by Gasteiger charge is 2.16. The molecule has 0 aliphatic heterocycles. The molecule has 2 aromatic rings. The van der Waals surface area contributed by atoms with Crippen LogP contribution in [0.5, 0.6) is 5.75 Å². The second kappa shape index (κ2) is 9.28. The number of hydrogen-bond donors (Lipinski definition) is 1. The number of hydrogen-bond acceptors (Lipinski definition) is 3. The standard InChI is InChI=1S/C19H22N2O2.ClH/c22-19(16-4-3-12-20-14-16)21-13-11-15-7-9-18(10-8-15)23-17-5-1-2-6-17;/h3-4,7-10,12,14,17H,1-2,5-6,11,13H2,(H,21,22);1H. The van der Waals surface area contributed by atoms with Crippen LogP contribution >= 0.6 is 12.4 Å². The van der Waals surface area contributed by atoms with Crippen molar-refractivity contribution in [2.24, 2.45) is 0 Å².